The Kier molecular flexibility index (Phi) is 3.21. The van der Waals surface area contributed by atoms with Crippen LogP contribution in [0.15, 0.2) is 36.4 Å². The van der Waals surface area contributed by atoms with E-state index in [1.54, 1.807) is 11.3 Å². The van der Waals surface area contributed by atoms with Gasteiger partial charge in [0, 0.05) is 9.75 Å². The number of benzene rings is 1. The molecule has 2 unspecified atom stereocenters. The monoisotopic (exact) mass is 273 g/mol. The Morgan fingerprint density at radius 2 is 2.05 bits per heavy atom. The van der Waals surface area contributed by atoms with Gasteiger partial charge in [-0.25, -0.2) is 0 Å². The van der Waals surface area contributed by atoms with Gasteiger partial charge < -0.3 is 10.4 Å². The molecule has 19 heavy (non-hydrogen) atoms. The number of hydrogen-bond donors (Lipinski definition) is 2. The van der Waals surface area contributed by atoms with Gasteiger partial charge in [-0.1, -0.05) is 24.3 Å². The Balaban J connectivity index is 2.03. The molecule has 2 heterocycles. The van der Waals surface area contributed by atoms with Gasteiger partial charge in [0.2, 0.25) is 0 Å². The normalized spacial score (nSPS) is 21.7. The number of thiophene rings is 1. The minimum absolute atomic E-state index is 0.0319. The van der Waals surface area contributed by atoms with Crippen LogP contribution in [0.4, 0.5) is 0 Å². The van der Waals surface area contributed by atoms with Gasteiger partial charge >= 0.3 is 0 Å². The average molecular weight is 273 g/mol. The summed E-state index contributed by atoms with van der Waals surface area (Å²) in [7, 11) is 0. The molecule has 100 valence electrons. The first-order chi connectivity index (χ1) is 9.09. The summed E-state index contributed by atoms with van der Waals surface area (Å²) in [5.41, 5.74) is 1.71. The van der Waals surface area contributed by atoms with Crippen molar-refractivity contribution in [3.05, 3.63) is 57.3 Å². The van der Waals surface area contributed by atoms with Crippen molar-refractivity contribution in [1.82, 2.24) is 5.32 Å². The molecule has 2 N–H and O–H groups in total. The Morgan fingerprint density at radius 3 is 2.79 bits per heavy atom. The fraction of sp³-hybridized carbons (Fsp3) is 0.375. The van der Waals surface area contributed by atoms with Gasteiger partial charge in [0.15, 0.2) is 0 Å². The topological polar surface area (TPSA) is 32.3 Å². The van der Waals surface area contributed by atoms with Gasteiger partial charge in [0.25, 0.3) is 0 Å². The van der Waals surface area contributed by atoms with E-state index in [4.69, 9.17) is 0 Å². The van der Waals surface area contributed by atoms with Crippen LogP contribution in [0.3, 0.4) is 0 Å². The third-order valence-electron chi connectivity index (χ3n) is 3.91. The van der Waals surface area contributed by atoms with Crippen LogP contribution in [0.5, 0.6) is 0 Å². The van der Waals surface area contributed by atoms with Crippen LogP contribution in [-0.2, 0) is 12.0 Å². The second-order valence-corrected chi connectivity index (χ2v) is 6.68. The molecule has 2 atom stereocenters. The number of hydrogen-bond acceptors (Lipinski definition) is 3. The lowest BCUT2D eigenvalue weighted by Gasteiger charge is -2.37. The summed E-state index contributed by atoms with van der Waals surface area (Å²) < 4.78 is 0. The van der Waals surface area contributed by atoms with E-state index in [1.807, 2.05) is 13.0 Å². The van der Waals surface area contributed by atoms with Crippen molar-refractivity contribution in [2.24, 2.45) is 0 Å². The van der Waals surface area contributed by atoms with E-state index in [0.29, 0.717) is 0 Å². The van der Waals surface area contributed by atoms with Gasteiger partial charge in [0.1, 0.15) is 5.60 Å². The van der Waals surface area contributed by atoms with Crippen LogP contribution in [0, 0.1) is 6.92 Å². The van der Waals surface area contributed by atoms with Crippen molar-refractivity contribution in [3.8, 4) is 0 Å². The smallest absolute Gasteiger partial charge is 0.115 e. The molecule has 2 nitrogen and oxygen atoms in total. The highest BCUT2D eigenvalue weighted by Gasteiger charge is 2.38. The maximum Gasteiger partial charge on any atom is 0.115 e. The van der Waals surface area contributed by atoms with Crippen LogP contribution in [0.2, 0.25) is 0 Å². The maximum atomic E-state index is 11.0. The Labute approximate surface area is 118 Å². The molecule has 3 heteroatoms. The quantitative estimate of drug-likeness (QED) is 0.881. The molecular formula is C16H19NOS. The predicted molar refractivity (Wildman–Crippen MR) is 79.5 cm³/mol. The van der Waals surface area contributed by atoms with Crippen LogP contribution >= 0.6 is 11.3 Å². The number of aliphatic hydroxyl groups is 1. The molecule has 1 aliphatic heterocycles. The molecule has 0 bridgehead atoms. The molecule has 0 aliphatic carbocycles. The van der Waals surface area contributed by atoms with Crippen molar-refractivity contribution in [2.75, 3.05) is 6.54 Å². The average Bonchev–Trinajstić information content (AvgIpc) is 2.85. The molecule has 0 amide bonds. The first kappa shape index (κ1) is 12.9. The Morgan fingerprint density at radius 1 is 1.26 bits per heavy atom. The highest BCUT2D eigenvalue weighted by molar-refractivity contribution is 7.12. The van der Waals surface area contributed by atoms with Gasteiger partial charge in [-0.3, -0.25) is 0 Å². The van der Waals surface area contributed by atoms with Crippen molar-refractivity contribution >= 4 is 11.3 Å². The SMILES string of the molecule is Cc1ccc(C(C)(O)C2NCCc3ccccc32)s1. The number of fused-ring (bicyclic) bond motifs is 1. The van der Waals surface area contributed by atoms with Crippen LogP contribution in [0.25, 0.3) is 0 Å². The zero-order chi connectivity index (χ0) is 13.5. The molecule has 1 aromatic heterocycles. The van der Waals surface area contributed by atoms with Crippen LogP contribution in [0.1, 0.15) is 33.8 Å². The summed E-state index contributed by atoms with van der Waals surface area (Å²) in [5, 5.41) is 14.5. The second kappa shape index (κ2) is 4.75. The van der Waals surface area contributed by atoms with Gasteiger partial charge in [0.05, 0.1) is 6.04 Å². The standard InChI is InChI=1S/C16H19NOS/c1-11-7-8-14(19-11)16(2,18)15-13-6-4-3-5-12(13)9-10-17-15/h3-8,15,17-18H,9-10H2,1-2H3. The Hall–Kier alpha value is -1.16. The van der Waals surface area contributed by atoms with E-state index in [2.05, 4.69) is 42.6 Å². The van der Waals surface area contributed by atoms with Crippen LogP contribution < -0.4 is 5.32 Å². The molecular weight excluding hydrogens is 254 g/mol. The first-order valence-corrected chi connectivity index (χ1v) is 7.51. The predicted octanol–water partition coefficient (Wildman–Crippen LogP) is 3.15. The maximum absolute atomic E-state index is 11.0. The van der Waals surface area contributed by atoms with E-state index in [9.17, 15) is 5.11 Å². The van der Waals surface area contributed by atoms with Crippen molar-refractivity contribution < 1.29 is 5.11 Å². The molecule has 0 radical (unpaired) electrons. The highest BCUT2D eigenvalue weighted by Crippen LogP contribution is 2.40. The molecule has 0 fully saturated rings. The lowest BCUT2D eigenvalue weighted by Crippen LogP contribution is -2.42. The van der Waals surface area contributed by atoms with Gasteiger partial charge in [-0.05, 0) is 50.1 Å². The van der Waals surface area contributed by atoms with Crippen molar-refractivity contribution in [2.45, 2.75) is 31.9 Å². The summed E-state index contributed by atoms with van der Waals surface area (Å²) in [6, 6.07) is 12.5. The van der Waals surface area contributed by atoms with Gasteiger partial charge in [-0.15, -0.1) is 11.3 Å². The second-order valence-electron chi connectivity index (χ2n) is 5.39. The van der Waals surface area contributed by atoms with E-state index in [1.165, 1.54) is 16.0 Å². The van der Waals surface area contributed by atoms with E-state index >= 15 is 0 Å². The minimum atomic E-state index is -0.866. The lowest BCUT2D eigenvalue weighted by molar-refractivity contribution is 0.0153. The van der Waals surface area contributed by atoms with E-state index < -0.39 is 5.60 Å². The highest BCUT2D eigenvalue weighted by atomic mass is 32.1. The van der Waals surface area contributed by atoms with Crippen LogP contribution in [-0.4, -0.2) is 11.7 Å². The van der Waals surface area contributed by atoms with Gasteiger partial charge in [-0.2, -0.15) is 0 Å². The molecule has 0 saturated heterocycles. The van der Waals surface area contributed by atoms with E-state index in [-0.39, 0.29) is 6.04 Å². The number of nitrogens with one attached hydrogen (secondary N) is 1. The Bertz CT molecular complexity index is 588. The largest absolute Gasteiger partial charge is 0.383 e. The third-order valence-corrected chi connectivity index (χ3v) is 5.14. The molecule has 3 rings (SSSR count). The molecule has 0 spiro atoms. The summed E-state index contributed by atoms with van der Waals surface area (Å²) in [6.45, 7) is 4.91. The summed E-state index contributed by atoms with van der Waals surface area (Å²) in [4.78, 5) is 2.26. The van der Waals surface area contributed by atoms with Crippen molar-refractivity contribution in [1.29, 1.82) is 0 Å². The molecule has 1 aromatic carbocycles. The lowest BCUT2D eigenvalue weighted by atomic mass is 9.83. The summed E-state index contributed by atoms with van der Waals surface area (Å²) in [6.07, 6.45) is 1.03. The number of rotatable bonds is 2. The summed E-state index contributed by atoms with van der Waals surface area (Å²) in [5.74, 6) is 0. The van der Waals surface area contributed by atoms with Crippen molar-refractivity contribution in [3.63, 3.8) is 0 Å². The molecule has 1 aliphatic rings. The molecule has 0 saturated carbocycles. The van der Waals surface area contributed by atoms with E-state index in [0.717, 1.165) is 17.8 Å². The first-order valence-electron chi connectivity index (χ1n) is 6.69. The fourth-order valence-electron chi connectivity index (χ4n) is 2.85. The zero-order valence-corrected chi connectivity index (χ0v) is 12.1. The minimum Gasteiger partial charge on any atom is -0.383 e. The third kappa shape index (κ3) is 2.22. The molecule has 2 aromatic rings. The zero-order valence-electron chi connectivity index (χ0n) is 11.3. The fourth-order valence-corrected chi connectivity index (χ4v) is 3.80. The number of aryl methyl sites for hydroxylation is 1. The summed E-state index contributed by atoms with van der Waals surface area (Å²) >= 11 is 1.67.